The second-order valence-electron chi connectivity index (χ2n) is 4.46. The highest BCUT2D eigenvalue weighted by Crippen LogP contribution is 2.14. The van der Waals surface area contributed by atoms with Gasteiger partial charge in [-0.3, -0.25) is 4.79 Å². The first-order valence-electron chi connectivity index (χ1n) is 5.71. The van der Waals surface area contributed by atoms with Crippen LogP contribution in [-0.2, 0) is 9.53 Å². The van der Waals surface area contributed by atoms with E-state index in [0.717, 1.165) is 6.42 Å². The number of nitrogens with two attached hydrogens (primary N) is 1. The van der Waals surface area contributed by atoms with Gasteiger partial charge >= 0.3 is 0 Å². The van der Waals surface area contributed by atoms with Gasteiger partial charge in [0, 0.05) is 25.6 Å². The first kappa shape index (κ1) is 15.7. The highest BCUT2D eigenvalue weighted by atomic mass is 35.5. The van der Waals surface area contributed by atoms with E-state index in [-0.39, 0.29) is 36.6 Å². The molecule has 5 heteroatoms. The lowest BCUT2D eigenvalue weighted by atomic mass is 10.1. The molecule has 0 aliphatic carbocycles. The maximum atomic E-state index is 11.8. The smallest absolute Gasteiger partial charge is 0.224 e. The lowest BCUT2D eigenvalue weighted by molar-refractivity contribution is -0.144. The number of rotatable bonds is 3. The van der Waals surface area contributed by atoms with Gasteiger partial charge in [0.15, 0.2) is 0 Å². The van der Waals surface area contributed by atoms with Crippen LogP contribution in [0.15, 0.2) is 0 Å². The molecule has 96 valence electrons. The van der Waals surface area contributed by atoms with Gasteiger partial charge in [0.05, 0.1) is 12.2 Å². The molecule has 16 heavy (non-hydrogen) atoms. The molecule has 1 aliphatic rings. The average molecular weight is 251 g/mol. The minimum absolute atomic E-state index is 0. The molecule has 0 bridgehead atoms. The van der Waals surface area contributed by atoms with Crippen LogP contribution in [0, 0.1) is 0 Å². The van der Waals surface area contributed by atoms with Crippen LogP contribution in [-0.4, -0.2) is 42.1 Å². The van der Waals surface area contributed by atoms with E-state index < -0.39 is 0 Å². The lowest BCUT2D eigenvalue weighted by Gasteiger charge is -2.36. The van der Waals surface area contributed by atoms with Gasteiger partial charge in [-0.2, -0.15) is 0 Å². The Morgan fingerprint density at radius 1 is 1.56 bits per heavy atom. The van der Waals surface area contributed by atoms with E-state index in [0.29, 0.717) is 19.5 Å². The molecular formula is C11H23ClN2O2. The summed E-state index contributed by atoms with van der Waals surface area (Å²) in [4.78, 5) is 13.7. The Morgan fingerprint density at radius 2 is 2.19 bits per heavy atom. The summed E-state index contributed by atoms with van der Waals surface area (Å²) >= 11 is 0. The lowest BCUT2D eigenvalue weighted by Crippen LogP contribution is -2.49. The average Bonchev–Trinajstić information content (AvgIpc) is 2.15. The van der Waals surface area contributed by atoms with E-state index in [1.807, 2.05) is 18.7 Å². The second-order valence-corrected chi connectivity index (χ2v) is 4.46. The van der Waals surface area contributed by atoms with E-state index >= 15 is 0 Å². The van der Waals surface area contributed by atoms with E-state index in [1.165, 1.54) is 0 Å². The molecule has 2 N–H and O–H groups in total. The van der Waals surface area contributed by atoms with Crippen molar-refractivity contribution in [2.45, 2.75) is 51.9 Å². The molecule has 1 heterocycles. The summed E-state index contributed by atoms with van der Waals surface area (Å²) in [5.74, 6) is 0.151. The van der Waals surface area contributed by atoms with Crippen LogP contribution in [0.2, 0.25) is 0 Å². The number of carbonyl (C=O) groups excluding carboxylic acids is 1. The molecule has 0 aromatic heterocycles. The highest BCUT2D eigenvalue weighted by Gasteiger charge is 2.27. The Kier molecular flexibility index (Phi) is 6.95. The maximum Gasteiger partial charge on any atom is 0.224 e. The van der Waals surface area contributed by atoms with E-state index in [4.69, 9.17) is 10.5 Å². The van der Waals surface area contributed by atoms with Crippen molar-refractivity contribution in [2.75, 3.05) is 13.1 Å². The summed E-state index contributed by atoms with van der Waals surface area (Å²) in [5.41, 5.74) is 5.62. The monoisotopic (exact) mass is 250 g/mol. The van der Waals surface area contributed by atoms with E-state index in [1.54, 1.807) is 0 Å². The molecule has 1 fully saturated rings. The fourth-order valence-electron chi connectivity index (χ4n) is 1.88. The van der Waals surface area contributed by atoms with Gasteiger partial charge in [-0.1, -0.05) is 6.92 Å². The first-order valence-corrected chi connectivity index (χ1v) is 5.71. The third-order valence-corrected chi connectivity index (χ3v) is 2.63. The van der Waals surface area contributed by atoms with Crippen molar-refractivity contribution in [3.63, 3.8) is 0 Å². The molecule has 0 radical (unpaired) electrons. The molecule has 1 amide bonds. The Balaban J connectivity index is 0.00000225. The van der Waals surface area contributed by atoms with Gasteiger partial charge in [-0.15, -0.1) is 12.4 Å². The van der Waals surface area contributed by atoms with Crippen molar-refractivity contribution in [1.82, 2.24) is 4.90 Å². The number of morpholine rings is 1. The van der Waals surface area contributed by atoms with Gasteiger partial charge in [-0.25, -0.2) is 0 Å². The normalized spacial score (nSPS) is 27.1. The Bertz CT molecular complexity index is 224. The third-order valence-electron chi connectivity index (χ3n) is 2.63. The van der Waals surface area contributed by atoms with Crippen molar-refractivity contribution in [3.8, 4) is 0 Å². The Labute approximate surface area is 104 Å². The van der Waals surface area contributed by atoms with Crippen molar-refractivity contribution in [1.29, 1.82) is 0 Å². The molecule has 1 aliphatic heterocycles. The van der Waals surface area contributed by atoms with Gasteiger partial charge in [0.2, 0.25) is 5.91 Å². The summed E-state index contributed by atoms with van der Waals surface area (Å²) in [6, 6.07) is -0.0595. The van der Waals surface area contributed by atoms with Gasteiger partial charge in [0.1, 0.15) is 0 Å². The number of hydrogen-bond acceptors (Lipinski definition) is 3. The number of amides is 1. The third kappa shape index (κ3) is 4.68. The molecule has 4 nitrogen and oxygen atoms in total. The number of nitrogens with zero attached hydrogens (tertiary/aromatic N) is 1. The molecule has 0 aromatic carbocycles. The minimum Gasteiger partial charge on any atom is -0.372 e. The summed E-state index contributed by atoms with van der Waals surface area (Å²) in [6.07, 6.45) is 1.71. The van der Waals surface area contributed by atoms with Crippen molar-refractivity contribution in [3.05, 3.63) is 0 Å². The van der Waals surface area contributed by atoms with Crippen molar-refractivity contribution in [2.24, 2.45) is 5.73 Å². The van der Waals surface area contributed by atoms with Gasteiger partial charge in [0.25, 0.3) is 0 Å². The fourth-order valence-corrected chi connectivity index (χ4v) is 1.88. The highest BCUT2D eigenvalue weighted by molar-refractivity contribution is 5.85. The zero-order chi connectivity index (χ0) is 11.4. The van der Waals surface area contributed by atoms with Crippen LogP contribution in [0.1, 0.15) is 33.6 Å². The second kappa shape index (κ2) is 7.09. The summed E-state index contributed by atoms with van der Waals surface area (Å²) in [6.45, 7) is 7.36. The summed E-state index contributed by atoms with van der Waals surface area (Å²) in [5, 5.41) is 0. The largest absolute Gasteiger partial charge is 0.372 e. The van der Waals surface area contributed by atoms with Crippen LogP contribution in [0.4, 0.5) is 0 Å². The number of halogens is 1. The summed E-state index contributed by atoms with van der Waals surface area (Å²) < 4.78 is 5.70. The van der Waals surface area contributed by atoms with Crippen molar-refractivity contribution < 1.29 is 9.53 Å². The molecular weight excluding hydrogens is 228 g/mol. The molecule has 1 rings (SSSR count). The van der Waals surface area contributed by atoms with Gasteiger partial charge in [-0.05, 0) is 20.3 Å². The molecule has 1 saturated heterocycles. The van der Waals surface area contributed by atoms with Crippen LogP contribution >= 0.6 is 12.4 Å². The molecule has 3 unspecified atom stereocenters. The predicted octanol–water partition coefficient (Wildman–Crippen LogP) is 1.17. The number of hydrogen-bond donors (Lipinski definition) is 1. The minimum atomic E-state index is -0.0595. The van der Waals surface area contributed by atoms with Gasteiger partial charge < -0.3 is 15.4 Å². The fraction of sp³-hybridized carbons (Fsp3) is 0.909. The van der Waals surface area contributed by atoms with Crippen molar-refractivity contribution >= 4 is 18.3 Å². The Hall–Kier alpha value is -0.320. The quantitative estimate of drug-likeness (QED) is 0.818. The number of carbonyl (C=O) groups is 1. The molecule has 0 aromatic rings. The maximum absolute atomic E-state index is 11.8. The topological polar surface area (TPSA) is 55.6 Å². The Morgan fingerprint density at radius 3 is 2.69 bits per heavy atom. The van der Waals surface area contributed by atoms with E-state index in [2.05, 4.69) is 6.92 Å². The summed E-state index contributed by atoms with van der Waals surface area (Å²) in [7, 11) is 0. The predicted molar refractivity (Wildman–Crippen MR) is 66.7 cm³/mol. The SMILES string of the molecule is CCC1CN(C(=O)CC(C)N)CC(C)O1.Cl. The van der Waals surface area contributed by atoms with Crippen LogP contribution in [0.5, 0.6) is 0 Å². The zero-order valence-corrected chi connectivity index (χ0v) is 11.1. The molecule has 0 saturated carbocycles. The standard InChI is InChI=1S/C11H22N2O2.ClH/c1-4-10-7-13(6-9(3)15-10)11(14)5-8(2)12;/h8-10H,4-7,12H2,1-3H3;1H. The van der Waals surface area contributed by atoms with Crippen LogP contribution in [0.25, 0.3) is 0 Å². The van der Waals surface area contributed by atoms with E-state index in [9.17, 15) is 4.79 Å². The zero-order valence-electron chi connectivity index (χ0n) is 10.3. The first-order chi connectivity index (χ1) is 7.02. The van der Waals surface area contributed by atoms with Crippen LogP contribution in [0.3, 0.4) is 0 Å². The number of ether oxygens (including phenoxy) is 1. The van der Waals surface area contributed by atoms with Crippen LogP contribution < -0.4 is 5.73 Å². The molecule has 0 spiro atoms. The molecule has 3 atom stereocenters.